The van der Waals surface area contributed by atoms with Gasteiger partial charge in [-0.05, 0) is 46.7 Å². The highest BCUT2D eigenvalue weighted by Gasteiger charge is 2.10. The van der Waals surface area contributed by atoms with E-state index in [0.29, 0.717) is 17.1 Å². The number of benzene rings is 3. The van der Waals surface area contributed by atoms with Crippen LogP contribution in [0.4, 0.5) is 10.8 Å². The normalized spacial score (nSPS) is 10.9. The molecule has 1 heterocycles. The predicted octanol–water partition coefficient (Wildman–Crippen LogP) is 3.67. The van der Waals surface area contributed by atoms with E-state index in [4.69, 9.17) is 13.9 Å². The van der Waals surface area contributed by atoms with Gasteiger partial charge in [0.2, 0.25) is 0 Å². The third kappa shape index (κ3) is 5.11. The second-order valence-corrected chi connectivity index (χ2v) is 6.55. The topological polar surface area (TPSA) is 131 Å². The lowest BCUT2D eigenvalue weighted by Crippen LogP contribution is -2.24. The Morgan fingerprint density at radius 2 is 1.97 bits per heavy atom. The number of urea groups is 1. The predicted molar refractivity (Wildman–Crippen MR) is 117 cm³/mol. The molecule has 4 rings (SSSR count). The summed E-state index contributed by atoms with van der Waals surface area (Å²) in [6.07, 6.45) is 1.39. The number of carbonyl (C=O) groups excluding carboxylic acids is 1. The number of aromatic hydroxyl groups is 1. The Hall–Kier alpha value is -4.60. The largest absolute Gasteiger partial charge is 0.504 e. The Morgan fingerprint density at radius 3 is 2.81 bits per heavy atom. The molecule has 0 saturated carbocycles. The minimum Gasteiger partial charge on any atom is -0.504 e. The van der Waals surface area contributed by atoms with Crippen molar-refractivity contribution in [3.05, 3.63) is 72.1 Å². The molecule has 0 radical (unpaired) electrons. The van der Waals surface area contributed by atoms with Gasteiger partial charge in [0, 0.05) is 0 Å². The molecule has 3 N–H and O–H groups in total. The summed E-state index contributed by atoms with van der Waals surface area (Å²) in [5.41, 5.74) is 2.89. The highest BCUT2D eigenvalue weighted by Crippen LogP contribution is 2.25. The zero-order chi connectivity index (χ0) is 22.3. The van der Waals surface area contributed by atoms with Crippen molar-refractivity contribution in [2.45, 2.75) is 6.61 Å². The van der Waals surface area contributed by atoms with Gasteiger partial charge in [-0.3, -0.25) is 5.32 Å². The Kier molecular flexibility index (Phi) is 6.12. The van der Waals surface area contributed by atoms with E-state index in [1.165, 1.54) is 19.4 Å². The monoisotopic (exact) mass is 433 g/mol. The lowest BCUT2D eigenvalue weighted by Gasteiger charge is -2.05. The summed E-state index contributed by atoms with van der Waals surface area (Å²) in [5.74, 6) is 1.16. The van der Waals surface area contributed by atoms with Gasteiger partial charge in [-0.25, -0.2) is 10.2 Å². The number of methoxy groups -OCH3 is 1. The third-order valence-electron chi connectivity index (χ3n) is 4.35. The summed E-state index contributed by atoms with van der Waals surface area (Å²) in [5, 5.41) is 25.5. The third-order valence-corrected chi connectivity index (χ3v) is 4.35. The number of nitrogens with one attached hydrogen (secondary N) is 2. The highest BCUT2D eigenvalue weighted by molar-refractivity contribution is 5.88. The van der Waals surface area contributed by atoms with Crippen LogP contribution in [0.3, 0.4) is 0 Å². The summed E-state index contributed by atoms with van der Waals surface area (Å²) >= 11 is 0. The standard InChI is InChI=1S/C22H19N5O5/c1-30-19-10-14(6-9-18(19)28)12-23-26-21(29)24-22-27-25-20(32-22)13-31-17-8-7-15-4-2-3-5-16(15)11-17/h2-12,28H,13H2,1H3,(H2,24,26,27,29)/b23-12-. The summed E-state index contributed by atoms with van der Waals surface area (Å²) < 4.78 is 16.1. The molecular formula is C22H19N5O5. The van der Waals surface area contributed by atoms with E-state index in [2.05, 4.69) is 26.0 Å². The number of anilines is 1. The van der Waals surface area contributed by atoms with E-state index in [9.17, 15) is 9.90 Å². The van der Waals surface area contributed by atoms with Crippen molar-refractivity contribution >= 4 is 29.0 Å². The number of ether oxygens (including phenoxy) is 2. The SMILES string of the molecule is COc1cc(/C=N\NC(=O)Nc2nnc(COc3ccc4ccccc4c3)o2)ccc1O. The van der Waals surface area contributed by atoms with Gasteiger partial charge in [-0.1, -0.05) is 35.4 Å². The molecule has 0 saturated heterocycles. The molecule has 0 bridgehead atoms. The van der Waals surface area contributed by atoms with Crippen molar-refractivity contribution in [2.24, 2.45) is 5.10 Å². The number of amides is 2. The molecule has 10 nitrogen and oxygen atoms in total. The quantitative estimate of drug-likeness (QED) is 0.299. The fraction of sp³-hybridized carbons (Fsp3) is 0.0909. The number of carbonyl (C=O) groups is 1. The molecular weight excluding hydrogens is 414 g/mol. The molecule has 2 amide bonds. The second kappa shape index (κ2) is 9.47. The number of fused-ring (bicyclic) bond motifs is 1. The molecule has 10 heteroatoms. The molecule has 0 aliphatic heterocycles. The zero-order valence-corrected chi connectivity index (χ0v) is 17.0. The lowest BCUT2D eigenvalue weighted by molar-refractivity contribution is 0.250. The Labute approximate surface area is 182 Å². The molecule has 1 aromatic heterocycles. The van der Waals surface area contributed by atoms with Crippen LogP contribution in [-0.2, 0) is 6.61 Å². The van der Waals surface area contributed by atoms with E-state index < -0.39 is 6.03 Å². The number of phenolic OH excluding ortho intramolecular Hbond substituents is 1. The van der Waals surface area contributed by atoms with Gasteiger partial charge in [0.25, 0.3) is 5.89 Å². The van der Waals surface area contributed by atoms with Crippen LogP contribution in [0.15, 0.2) is 70.2 Å². The average Bonchev–Trinajstić information content (AvgIpc) is 3.25. The number of hydrogen-bond donors (Lipinski definition) is 3. The van der Waals surface area contributed by atoms with Gasteiger partial charge >= 0.3 is 12.0 Å². The van der Waals surface area contributed by atoms with Crippen LogP contribution in [0.5, 0.6) is 17.2 Å². The van der Waals surface area contributed by atoms with Crippen LogP contribution in [0, 0.1) is 0 Å². The molecule has 162 valence electrons. The molecule has 4 aromatic rings. The Morgan fingerprint density at radius 1 is 1.12 bits per heavy atom. The molecule has 0 aliphatic carbocycles. The molecule has 0 aliphatic rings. The van der Waals surface area contributed by atoms with Crippen molar-refractivity contribution in [3.8, 4) is 17.2 Å². The minimum absolute atomic E-state index is 0.00662. The van der Waals surface area contributed by atoms with Gasteiger partial charge in [-0.15, -0.1) is 5.10 Å². The Bertz CT molecular complexity index is 1270. The van der Waals surface area contributed by atoms with Gasteiger partial charge < -0.3 is 19.0 Å². The van der Waals surface area contributed by atoms with Crippen molar-refractivity contribution < 1.29 is 23.8 Å². The first-order chi connectivity index (χ1) is 15.6. The van der Waals surface area contributed by atoms with E-state index >= 15 is 0 Å². The average molecular weight is 433 g/mol. The molecule has 32 heavy (non-hydrogen) atoms. The first kappa shape index (κ1) is 20.7. The summed E-state index contributed by atoms with van der Waals surface area (Å²) in [4.78, 5) is 11.9. The van der Waals surface area contributed by atoms with Crippen LogP contribution in [0.25, 0.3) is 10.8 Å². The molecule has 3 aromatic carbocycles. The van der Waals surface area contributed by atoms with E-state index in [-0.39, 0.29) is 24.3 Å². The zero-order valence-electron chi connectivity index (χ0n) is 17.0. The fourth-order valence-electron chi connectivity index (χ4n) is 2.83. The maximum Gasteiger partial charge on any atom is 0.343 e. The number of phenols is 1. The van der Waals surface area contributed by atoms with Gasteiger partial charge in [0.15, 0.2) is 18.1 Å². The van der Waals surface area contributed by atoms with Crippen LogP contribution in [0.1, 0.15) is 11.5 Å². The molecule has 0 fully saturated rings. The van der Waals surface area contributed by atoms with Crippen molar-refractivity contribution in [2.75, 3.05) is 12.4 Å². The summed E-state index contributed by atoms with van der Waals surface area (Å²) in [6.45, 7) is 0.0511. The van der Waals surface area contributed by atoms with Crippen molar-refractivity contribution in [1.82, 2.24) is 15.6 Å². The smallest absolute Gasteiger partial charge is 0.343 e. The van der Waals surface area contributed by atoms with Crippen molar-refractivity contribution in [1.29, 1.82) is 0 Å². The van der Waals surface area contributed by atoms with Crippen LogP contribution >= 0.6 is 0 Å². The summed E-state index contributed by atoms with van der Waals surface area (Å²) in [6, 6.07) is 17.6. The molecule has 0 spiro atoms. The highest BCUT2D eigenvalue weighted by atomic mass is 16.5. The van der Waals surface area contributed by atoms with Crippen LogP contribution in [0.2, 0.25) is 0 Å². The van der Waals surface area contributed by atoms with Gasteiger partial charge in [0.1, 0.15) is 5.75 Å². The minimum atomic E-state index is -0.669. The first-order valence-electron chi connectivity index (χ1n) is 9.52. The van der Waals surface area contributed by atoms with Gasteiger partial charge in [-0.2, -0.15) is 5.10 Å². The molecule has 0 atom stereocenters. The number of nitrogens with zero attached hydrogens (tertiary/aromatic N) is 3. The van der Waals surface area contributed by atoms with E-state index in [0.717, 1.165) is 10.8 Å². The maximum absolute atomic E-state index is 11.9. The number of aromatic nitrogens is 2. The van der Waals surface area contributed by atoms with Crippen LogP contribution < -0.4 is 20.2 Å². The fourth-order valence-corrected chi connectivity index (χ4v) is 2.83. The first-order valence-corrected chi connectivity index (χ1v) is 9.52. The Balaban J connectivity index is 1.28. The van der Waals surface area contributed by atoms with Crippen LogP contribution in [-0.4, -0.2) is 34.7 Å². The van der Waals surface area contributed by atoms with Gasteiger partial charge in [0.05, 0.1) is 13.3 Å². The van der Waals surface area contributed by atoms with E-state index in [1.54, 1.807) is 12.1 Å². The lowest BCUT2D eigenvalue weighted by atomic mass is 10.1. The van der Waals surface area contributed by atoms with Crippen molar-refractivity contribution in [3.63, 3.8) is 0 Å². The maximum atomic E-state index is 11.9. The molecule has 0 unspecified atom stereocenters. The van der Waals surface area contributed by atoms with E-state index in [1.807, 2.05) is 42.5 Å². The number of rotatable bonds is 7. The number of hydrogen-bond acceptors (Lipinski definition) is 8. The number of hydrazone groups is 1. The summed E-state index contributed by atoms with van der Waals surface area (Å²) in [7, 11) is 1.44. The second-order valence-electron chi connectivity index (χ2n) is 6.55.